The van der Waals surface area contributed by atoms with Crippen molar-refractivity contribution in [3.8, 4) is 23.0 Å². The van der Waals surface area contributed by atoms with Gasteiger partial charge >= 0.3 is 0 Å². The molecule has 2 rings (SSSR count). The third-order valence-electron chi connectivity index (χ3n) is 4.75. The van der Waals surface area contributed by atoms with Crippen molar-refractivity contribution in [1.82, 2.24) is 0 Å². The first-order valence-corrected chi connectivity index (χ1v) is 10.6. The molecule has 0 spiro atoms. The van der Waals surface area contributed by atoms with Crippen LogP contribution in [0.15, 0.2) is 48.5 Å². The van der Waals surface area contributed by atoms with Gasteiger partial charge in [-0.05, 0) is 61.4 Å². The van der Waals surface area contributed by atoms with Gasteiger partial charge in [-0.25, -0.2) is 0 Å². The van der Waals surface area contributed by atoms with Gasteiger partial charge in [-0.2, -0.15) is 0 Å². The van der Waals surface area contributed by atoms with Crippen molar-refractivity contribution >= 4 is 0 Å². The van der Waals surface area contributed by atoms with Crippen molar-refractivity contribution in [3.05, 3.63) is 48.5 Å². The summed E-state index contributed by atoms with van der Waals surface area (Å²) in [7, 11) is 0. The van der Waals surface area contributed by atoms with Crippen molar-refractivity contribution in [1.29, 1.82) is 0 Å². The number of phenols is 2. The minimum Gasteiger partial charge on any atom is -0.508 e. The fourth-order valence-electron chi connectivity index (χ4n) is 3.08. The van der Waals surface area contributed by atoms with Gasteiger partial charge in [0, 0.05) is 0 Å². The highest BCUT2D eigenvalue weighted by Gasteiger charge is 1.97. The quantitative estimate of drug-likeness (QED) is 0.345. The number of phenolic OH excluding ortho intramolecular Hbond substituents is 2. The summed E-state index contributed by atoms with van der Waals surface area (Å²) >= 11 is 0. The summed E-state index contributed by atoms with van der Waals surface area (Å²) in [5, 5.41) is 18.4. The largest absolute Gasteiger partial charge is 0.508 e. The van der Waals surface area contributed by atoms with Crippen LogP contribution >= 0.6 is 0 Å². The van der Waals surface area contributed by atoms with Crippen LogP contribution in [0.3, 0.4) is 0 Å². The van der Waals surface area contributed by atoms with Gasteiger partial charge in [-0.1, -0.05) is 51.4 Å². The van der Waals surface area contributed by atoms with E-state index in [1.165, 1.54) is 51.4 Å². The summed E-state index contributed by atoms with van der Waals surface area (Å²) in [4.78, 5) is 0. The number of hydrogen-bond donors (Lipinski definition) is 2. The minimum atomic E-state index is 0.273. The first kappa shape index (κ1) is 21.9. The van der Waals surface area contributed by atoms with Gasteiger partial charge in [0.2, 0.25) is 0 Å². The van der Waals surface area contributed by atoms with Crippen LogP contribution in [0.1, 0.15) is 64.2 Å². The molecule has 0 aliphatic rings. The van der Waals surface area contributed by atoms with Gasteiger partial charge in [0.1, 0.15) is 23.0 Å². The Hall–Kier alpha value is -2.36. The Morgan fingerprint density at radius 3 is 1.04 bits per heavy atom. The molecule has 4 heteroatoms. The van der Waals surface area contributed by atoms with Crippen molar-refractivity contribution in [2.24, 2.45) is 0 Å². The molecule has 0 fully saturated rings. The Labute approximate surface area is 169 Å². The highest BCUT2D eigenvalue weighted by atomic mass is 16.5. The molecule has 0 bridgehead atoms. The second-order valence-corrected chi connectivity index (χ2v) is 7.22. The zero-order valence-electron chi connectivity index (χ0n) is 16.8. The standard InChI is InChI=1S/C24H34O4/c25-21-11-15-23(16-12-21)27-19-9-7-5-3-1-2-4-6-8-10-20-28-24-17-13-22(26)14-18-24/h11-18,25-26H,1-10,19-20H2. The molecular weight excluding hydrogens is 352 g/mol. The lowest BCUT2D eigenvalue weighted by molar-refractivity contribution is 0.302. The zero-order valence-corrected chi connectivity index (χ0v) is 16.8. The average molecular weight is 387 g/mol. The summed E-state index contributed by atoms with van der Waals surface area (Å²) in [6, 6.07) is 13.8. The fourth-order valence-corrected chi connectivity index (χ4v) is 3.08. The first-order chi connectivity index (χ1) is 13.7. The SMILES string of the molecule is Oc1ccc(OCCCCCCCCCCCCOc2ccc(O)cc2)cc1. The number of aromatic hydroxyl groups is 2. The van der Waals surface area contributed by atoms with Crippen LogP contribution in [0, 0.1) is 0 Å². The van der Waals surface area contributed by atoms with Crippen LogP contribution in [0.4, 0.5) is 0 Å². The molecule has 2 N–H and O–H groups in total. The van der Waals surface area contributed by atoms with Crippen LogP contribution in [0.25, 0.3) is 0 Å². The third kappa shape index (κ3) is 10.1. The summed E-state index contributed by atoms with van der Waals surface area (Å²) in [5.41, 5.74) is 0. The monoisotopic (exact) mass is 386 g/mol. The third-order valence-corrected chi connectivity index (χ3v) is 4.75. The Bertz CT molecular complexity index is 565. The van der Waals surface area contributed by atoms with E-state index in [2.05, 4.69) is 0 Å². The van der Waals surface area contributed by atoms with Crippen LogP contribution in [-0.2, 0) is 0 Å². The van der Waals surface area contributed by atoms with Crippen LogP contribution in [0.2, 0.25) is 0 Å². The smallest absolute Gasteiger partial charge is 0.119 e. The summed E-state index contributed by atoms with van der Waals surface area (Å²) in [5.74, 6) is 2.20. The van der Waals surface area contributed by atoms with E-state index in [4.69, 9.17) is 9.47 Å². The maximum absolute atomic E-state index is 9.22. The predicted molar refractivity (Wildman–Crippen MR) is 113 cm³/mol. The van der Waals surface area contributed by atoms with Crippen LogP contribution < -0.4 is 9.47 Å². The molecule has 0 saturated carbocycles. The lowest BCUT2D eigenvalue weighted by atomic mass is 10.1. The molecule has 0 atom stereocenters. The van der Waals surface area contributed by atoms with Crippen LogP contribution in [0.5, 0.6) is 23.0 Å². The first-order valence-electron chi connectivity index (χ1n) is 10.6. The van der Waals surface area contributed by atoms with E-state index >= 15 is 0 Å². The normalized spacial score (nSPS) is 10.7. The molecule has 0 radical (unpaired) electrons. The molecule has 28 heavy (non-hydrogen) atoms. The van der Waals surface area contributed by atoms with Crippen molar-refractivity contribution < 1.29 is 19.7 Å². The molecule has 0 aliphatic carbocycles. The highest BCUT2D eigenvalue weighted by Crippen LogP contribution is 2.18. The van der Waals surface area contributed by atoms with Crippen molar-refractivity contribution in [2.45, 2.75) is 64.2 Å². The number of ether oxygens (including phenoxy) is 2. The van der Waals surface area contributed by atoms with Gasteiger partial charge in [0.05, 0.1) is 13.2 Å². The van der Waals surface area contributed by atoms with Crippen LogP contribution in [-0.4, -0.2) is 23.4 Å². The second kappa shape index (κ2) is 13.8. The fraction of sp³-hybridized carbons (Fsp3) is 0.500. The lowest BCUT2D eigenvalue weighted by Gasteiger charge is -2.07. The van der Waals surface area contributed by atoms with E-state index in [0.29, 0.717) is 0 Å². The predicted octanol–water partition coefficient (Wildman–Crippen LogP) is 6.46. The van der Waals surface area contributed by atoms with E-state index < -0.39 is 0 Å². The Balaban J connectivity index is 1.30. The molecule has 0 aliphatic heterocycles. The molecule has 0 amide bonds. The van der Waals surface area contributed by atoms with E-state index in [-0.39, 0.29) is 11.5 Å². The molecular formula is C24H34O4. The maximum atomic E-state index is 9.22. The number of rotatable bonds is 15. The molecule has 2 aromatic carbocycles. The van der Waals surface area contributed by atoms with Crippen molar-refractivity contribution in [3.63, 3.8) is 0 Å². The Kier molecular flexibility index (Phi) is 10.8. The number of hydrogen-bond acceptors (Lipinski definition) is 4. The number of benzene rings is 2. The van der Waals surface area contributed by atoms with Crippen molar-refractivity contribution in [2.75, 3.05) is 13.2 Å². The summed E-state index contributed by atoms with van der Waals surface area (Å²) in [6.45, 7) is 1.49. The Morgan fingerprint density at radius 2 is 0.714 bits per heavy atom. The number of unbranched alkanes of at least 4 members (excludes halogenated alkanes) is 9. The summed E-state index contributed by atoms with van der Waals surface area (Å²) < 4.78 is 11.3. The van der Waals surface area contributed by atoms with E-state index in [1.807, 2.05) is 0 Å². The van der Waals surface area contributed by atoms with E-state index in [9.17, 15) is 10.2 Å². The maximum Gasteiger partial charge on any atom is 0.119 e. The minimum absolute atomic E-state index is 0.273. The molecule has 2 aromatic rings. The molecule has 4 nitrogen and oxygen atoms in total. The van der Waals surface area contributed by atoms with Gasteiger partial charge in [0.25, 0.3) is 0 Å². The van der Waals surface area contributed by atoms with Gasteiger partial charge in [-0.15, -0.1) is 0 Å². The highest BCUT2D eigenvalue weighted by molar-refractivity contribution is 5.30. The topological polar surface area (TPSA) is 58.9 Å². The van der Waals surface area contributed by atoms with Gasteiger partial charge in [0.15, 0.2) is 0 Å². The molecule has 0 aromatic heterocycles. The van der Waals surface area contributed by atoms with Gasteiger partial charge in [-0.3, -0.25) is 0 Å². The Morgan fingerprint density at radius 1 is 0.429 bits per heavy atom. The molecule has 154 valence electrons. The lowest BCUT2D eigenvalue weighted by Crippen LogP contribution is -1.97. The average Bonchev–Trinajstić information content (AvgIpc) is 2.71. The summed E-state index contributed by atoms with van der Waals surface area (Å²) in [6.07, 6.45) is 12.4. The molecule has 0 unspecified atom stereocenters. The molecule has 0 saturated heterocycles. The second-order valence-electron chi connectivity index (χ2n) is 7.22. The van der Waals surface area contributed by atoms with Gasteiger partial charge < -0.3 is 19.7 Å². The van der Waals surface area contributed by atoms with E-state index in [1.54, 1.807) is 48.5 Å². The zero-order chi connectivity index (χ0) is 19.9. The molecule has 0 heterocycles. The van der Waals surface area contributed by atoms with E-state index in [0.717, 1.165) is 37.6 Å².